The zero-order chi connectivity index (χ0) is 65.4. The summed E-state index contributed by atoms with van der Waals surface area (Å²) in [5.41, 5.74) is 0. The summed E-state index contributed by atoms with van der Waals surface area (Å²) in [6.07, 6.45) is -61.7. The Morgan fingerprint density at radius 1 is 0.225 bits per heavy atom. The van der Waals surface area contributed by atoms with Gasteiger partial charge in [0.25, 0.3) is 0 Å². The molecule has 8 aliphatic heterocycles. The van der Waals surface area contributed by atoms with Crippen LogP contribution in [0.25, 0.3) is 0 Å². The van der Waals surface area contributed by atoms with Crippen LogP contribution in [-0.4, -0.2) is 381 Å². The Morgan fingerprint density at radius 2 is 0.528 bits per heavy atom. The Bertz CT molecular complexity index is 2120. The summed E-state index contributed by atoms with van der Waals surface area (Å²) < 4.78 is 89.7. The third-order valence-electron chi connectivity index (χ3n) is 18.4. The smallest absolute Gasteiger partial charge is 0.187 e. The average molecular weight is 1310 g/mol. The van der Waals surface area contributed by atoms with Crippen LogP contribution < -0.4 is 0 Å². The van der Waals surface area contributed by atoms with Crippen molar-refractivity contribution in [3.63, 3.8) is 0 Å². The summed E-state index contributed by atoms with van der Waals surface area (Å²) in [5, 5.41) is 229. The molecular formula is C53H92O36. The van der Waals surface area contributed by atoms with E-state index >= 15 is 0 Å². The van der Waals surface area contributed by atoms with Crippen molar-refractivity contribution in [2.45, 2.75) is 256 Å². The van der Waals surface area contributed by atoms with E-state index in [1.54, 1.807) is 13.8 Å². The Kier molecular flexibility index (Phi) is 26.1. The van der Waals surface area contributed by atoms with Gasteiger partial charge in [-0.25, -0.2) is 0 Å². The quantitative estimate of drug-likeness (QED) is 0.0479. The molecule has 8 fully saturated rings. The molecule has 0 radical (unpaired) electrons. The second-order valence-corrected chi connectivity index (χ2v) is 24.2. The van der Waals surface area contributed by atoms with E-state index in [9.17, 15) is 107 Å². The van der Waals surface area contributed by atoms with E-state index in [1.165, 1.54) is 20.8 Å². The summed E-state index contributed by atoms with van der Waals surface area (Å²) in [7, 11) is 0. The Balaban J connectivity index is 1.07. The molecule has 0 amide bonds. The maximum Gasteiger partial charge on any atom is 0.187 e. The highest BCUT2D eigenvalue weighted by Crippen LogP contribution is 2.41. The van der Waals surface area contributed by atoms with E-state index in [0.29, 0.717) is 0 Å². The van der Waals surface area contributed by atoms with Crippen molar-refractivity contribution in [2.24, 2.45) is 23.7 Å². The number of aliphatic hydroxyl groups excluding tert-OH is 21. The number of ether oxygens (including phenoxy) is 15. The van der Waals surface area contributed by atoms with Gasteiger partial charge in [0.2, 0.25) is 0 Å². The number of hydrogen-bond donors (Lipinski definition) is 21. The molecule has 0 aromatic heterocycles. The summed E-state index contributed by atoms with van der Waals surface area (Å²) in [4.78, 5) is 0. The van der Waals surface area contributed by atoms with Gasteiger partial charge in [0.05, 0.1) is 83.4 Å². The predicted octanol–water partition coefficient (Wildman–Crippen LogP) is -12.3. The van der Waals surface area contributed by atoms with Gasteiger partial charge < -0.3 is 178 Å². The second kappa shape index (κ2) is 31.6. The molecule has 40 atom stereocenters. The van der Waals surface area contributed by atoms with E-state index < -0.39 is 298 Å². The summed E-state index contributed by atoms with van der Waals surface area (Å²) >= 11 is 0. The fourth-order valence-electron chi connectivity index (χ4n) is 12.3. The number of rotatable bonds is 22. The van der Waals surface area contributed by atoms with E-state index in [4.69, 9.17) is 71.1 Å². The third-order valence-corrected chi connectivity index (χ3v) is 18.4. The van der Waals surface area contributed by atoms with Crippen molar-refractivity contribution in [3.05, 3.63) is 0 Å². The van der Waals surface area contributed by atoms with Gasteiger partial charge >= 0.3 is 0 Å². The molecule has 0 spiro atoms. The van der Waals surface area contributed by atoms with Crippen LogP contribution in [-0.2, 0) is 71.1 Å². The first kappa shape index (κ1) is 73.4. The van der Waals surface area contributed by atoms with Gasteiger partial charge in [0.1, 0.15) is 146 Å². The molecule has 520 valence electrons. The lowest BCUT2D eigenvalue weighted by Gasteiger charge is -2.51. The molecule has 8 heterocycles. The molecule has 0 saturated carbocycles. The minimum Gasteiger partial charge on any atom is -0.394 e. The van der Waals surface area contributed by atoms with Crippen LogP contribution in [0.1, 0.15) is 34.6 Å². The maximum atomic E-state index is 12.3. The zero-order valence-corrected chi connectivity index (χ0v) is 49.3. The number of aliphatic hydroxyl groups is 21. The molecule has 0 aliphatic carbocycles. The molecule has 8 saturated heterocycles. The summed E-state index contributed by atoms with van der Waals surface area (Å²) in [6, 6.07) is 0. The first-order chi connectivity index (χ1) is 42.2. The highest BCUT2D eigenvalue weighted by molar-refractivity contribution is 5.01. The van der Waals surface area contributed by atoms with Gasteiger partial charge in [-0.1, -0.05) is 27.7 Å². The Labute approximate surface area is 509 Å². The first-order valence-electron chi connectivity index (χ1n) is 29.8. The maximum absolute atomic E-state index is 12.3. The lowest BCUT2D eigenvalue weighted by atomic mass is 9.88. The van der Waals surface area contributed by atoms with Crippen molar-refractivity contribution < 1.29 is 178 Å². The summed E-state index contributed by atoms with van der Waals surface area (Å²) in [5.74, 6) is -3.98. The molecule has 21 N–H and O–H groups in total. The van der Waals surface area contributed by atoms with Gasteiger partial charge in [0.15, 0.2) is 44.0 Å². The molecule has 0 aromatic rings. The normalized spacial score (nSPS) is 53.6. The SMILES string of the molecule is CC1C(O)[C@H](O)[C@H](CO)O[C@H]1O[C@@H]1C(O)[C@H](O)C(CO)O[C@@H]1OCC1O[C@@H](O[C@@H]2C(CO)O[C@@H](O[C@@H]3C(CO)O[C@@H](C)[C@@H](C)C3O)[C@@H](C)C2O)C(O)C(O[C@H]2O[C@H](CO)[C@@H](O)C(O)C2O[C@@H]2OC(CO)[C@@H](O[C@@H]3OC(CO)[C@H](O)C(O)[C@@H]3O)C(O)[C@@H]2C)[C@@H]1O. The fourth-order valence-corrected chi connectivity index (χ4v) is 12.3. The van der Waals surface area contributed by atoms with Crippen molar-refractivity contribution >= 4 is 0 Å². The predicted molar refractivity (Wildman–Crippen MR) is 281 cm³/mol. The van der Waals surface area contributed by atoms with Crippen LogP contribution in [0.5, 0.6) is 0 Å². The van der Waals surface area contributed by atoms with E-state index in [0.717, 1.165) is 0 Å². The van der Waals surface area contributed by atoms with E-state index in [1.807, 2.05) is 0 Å². The van der Waals surface area contributed by atoms with Crippen molar-refractivity contribution in [1.29, 1.82) is 0 Å². The molecule has 8 rings (SSSR count). The Hall–Kier alpha value is -1.44. The molecular weight excluding hydrogens is 1210 g/mol. The van der Waals surface area contributed by atoms with Crippen molar-refractivity contribution in [3.8, 4) is 0 Å². The average Bonchev–Trinajstić information content (AvgIpc) is 1.09. The molecule has 0 aromatic carbocycles. The first-order valence-corrected chi connectivity index (χ1v) is 29.8. The lowest BCUT2D eigenvalue weighted by Crippen LogP contribution is -2.68. The van der Waals surface area contributed by atoms with Crippen molar-refractivity contribution in [1.82, 2.24) is 0 Å². The summed E-state index contributed by atoms with van der Waals surface area (Å²) in [6.45, 7) is 0.611. The van der Waals surface area contributed by atoms with Crippen LogP contribution in [0.2, 0.25) is 0 Å². The minimum absolute atomic E-state index is 0.498. The molecule has 0 bridgehead atoms. The monoisotopic (exact) mass is 1300 g/mol. The lowest BCUT2D eigenvalue weighted by molar-refractivity contribution is -0.401. The molecule has 36 nitrogen and oxygen atoms in total. The molecule has 36 heteroatoms. The Morgan fingerprint density at radius 3 is 0.989 bits per heavy atom. The van der Waals surface area contributed by atoms with Crippen molar-refractivity contribution in [2.75, 3.05) is 52.9 Å². The van der Waals surface area contributed by atoms with Gasteiger partial charge in [-0.05, 0) is 6.92 Å². The fraction of sp³-hybridized carbons (Fsp3) is 1.00. The molecule has 8 aliphatic rings. The van der Waals surface area contributed by atoms with Gasteiger partial charge in [0, 0.05) is 23.7 Å². The van der Waals surface area contributed by atoms with Crippen LogP contribution >= 0.6 is 0 Å². The van der Waals surface area contributed by atoms with E-state index in [2.05, 4.69) is 0 Å². The second-order valence-electron chi connectivity index (χ2n) is 24.2. The molecule has 89 heavy (non-hydrogen) atoms. The largest absolute Gasteiger partial charge is 0.394 e. The van der Waals surface area contributed by atoms with Crippen LogP contribution in [0.15, 0.2) is 0 Å². The molecule has 17 unspecified atom stereocenters. The van der Waals surface area contributed by atoms with Crippen LogP contribution in [0.4, 0.5) is 0 Å². The standard InChI is InChI=1S/C53H92O36/c1-14-18(5)76-23(10-58)41(28(14)62)84-48-16(3)29(63)43(25(12-60)81-48)86-51-40(74)44(35(69)26(83-51)13-75-52-45(37(71)33(67)21(8-56)79-52)88-47-15(2)27(61)31(65)19(6-54)77-47)87-53-46(38(72)34(68)22(9-57)80-53)89-49-17(4)30(64)42(24(11-59)82-49)85-50-39(73)36(70)32(66)20(7-55)78-50/h14-74H,6-13H2,1-5H3/t14-,15?,16+,17+,18+,19+,20?,21?,22-,23?,24?,25?,26?,27?,28?,29?,30?,31-,32+,33-,34-,35-,36?,37?,38?,39+,40?,41-,42-,43-,44?,45-,46?,47+,48+,49+,50+,51+,52+,53-/m1/s1. The zero-order valence-electron chi connectivity index (χ0n) is 49.3. The van der Waals surface area contributed by atoms with Gasteiger partial charge in [-0.3, -0.25) is 0 Å². The van der Waals surface area contributed by atoms with Crippen LogP contribution in [0, 0.1) is 23.7 Å². The van der Waals surface area contributed by atoms with E-state index in [-0.39, 0.29) is 0 Å². The topological polar surface area (TPSA) is 563 Å². The number of hydrogen-bond acceptors (Lipinski definition) is 36. The highest BCUT2D eigenvalue weighted by atomic mass is 16.8. The van der Waals surface area contributed by atoms with Gasteiger partial charge in [-0.2, -0.15) is 0 Å². The van der Waals surface area contributed by atoms with Crippen LogP contribution in [0.3, 0.4) is 0 Å². The minimum atomic E-state index is -2.27. The third kappa shape index (κ3) is 15.2. The van der Waals surface area contributed by atoms with Gasteiger partial charge in [-0.15, -0.1) is 0 Å². The highest BCUT2D eigenvalue weighted by Gasteiger charge is 2.59.